The van der Waals surface area contributed by atoms with Gasteiger partial charge in [-0.25, -0.2) is 0 Å². The molecule has 0 bridgehead atoms. The van der Waals surface area contributed by atoms with E-state index in [1.807, 2.05) is 29.1 Å². The Morgan fingerprint density at radius 1 is 1.22 bits per heavy atom. The zero-order chi connectivity index (χ0) is 13.0. The van der Waals surface area contributed by atoms with Crippen molar-refractivity contribution in [3.05, 3.63) is 53.9 Å². The van der Waals surface area contributed by atoms with Crippen LogP contribution in [0.3, 0.4) is 0 Å². The first-order valence-electron chi connectivity index (χ1n) is 6.55. The Morgan fingerprint density at radius 2 is 1.94 bits per heavy atom. The smallest absolute Gasteiger partial charge is 0.0643 e. The quantitative estimate of drug-likeness (QED) is 0.877. The van der Waals surface area contributed by atoms with E-state index in [-0.39, 0.29) is 6.04 Å². The Hall–Kier alpha value is -1.61. The van der Waals surface area contributed by atoms with Gasteiger partial charge in [-0.15, -0.1) is 0 Å². The molecule has 3 heteroatoms. The van der Waals surface area contributed by atoms with Crippen molar-refractivity contribution in [3.8, 4) is 0 Å². The number of benzene rings is 1. The molecule has 0 spiro atoms. The maximum atomic E-state index is 6.20. The molecule has 2 rings (SSSR count). The molecule has 1 aromatic heterocycles. The Bertz CT molecular complexity index is 475. The van der Waals surface area contributed by atoms with Gasteiger partial charge in [-0.05, 0) is 25.0 Å². The minimum Gasteiger partial charge on any atom is -0.324 e. The number of nitrogens with zero attached hydrogens (tertiary/aromatic N) is 2. The highest BCUT2D eigenvalue weighted by Gasteiger charge is 2.10. The zero-order valence-electron chi connectivity index (χ0n) is 11.1. The second-order valence-electron chi connectivity index (χ2n) is 4.77. The highest BCUT2D eigenvalue weighted by molar-refractivity contribution is 5.20. The second kappa shape index (κ2) is 5.83. The molecule has 2 atom stereocenters. The van der Waals surface area contributed by atoms with Crippen molar-refractivity contribution in [3.63, 3.8) is 0 Å². The Labute approximate surface area is 109 Å². The van der Waals surface area contributed by atoms with Crippen LogP contribution < -0.4 is 5.73 Å². The van der Waals surface area contributed by atoms with E-state index in [2.05, 4.69) is 37.1 Å². The molecule has 0 saturated carbocycles. The molecule has 1 heterocycles. The summed E-state index contributed by atoms with van der Waals surface area (Å²) in [6.07, 6.45) is 3.92. The molecule has 0 aliphatic heterocycles. The van der Waals surface area contributed by atoms with Crippen LogP contribution in [-0.4, -0.2) is 9.78 Å². The fraction of sp³-hybridized carbons (Fsp3) is 0.400. The summed E-state index contributed by atoms with van der Waals surface area (Å²) in [7, 11) is 0. The first kappa shape index (κ1) is 12.8. The predicted molar refractivity (Wildman–Crippen MR) is 74.3 cm³/mol. The van der Waals surface area contributed by atoms with Gasteiger partial charge in [0, 0.05) is 24.7 Å². The molecule has 0 aliphatic carbocycles. The third-order valence-electron chi connectivity index (χ3n) is 3.36. The van der Waals surface area contributed by atoms with Crippen molar-refractivity contribution in [1.82, 2.24) is 9.78 Å². The summed E-state index contributed by atoms with van der Waals surface area (Å²) in [5, 5.41) is 4.58. The lowest BCUT2D eigenvalue weighted by atomic mass is 10.0. The summed E-state index contributed by atoms with van der Waals surface area (Å²) < 4.78 is 2.02. The van der Waals surface area contributed by atoms with Gasteiger partial charge in [0.1, 0.15) is 0 Å². The summed E-state index contributed by atoms with van der Waals surface area (Å²) in [6, 6.07) is 12.7. The Balaban J connectivity index is 2.03. The van der Waals surface area contributed by atoms with Crippen LogP contribution in [0.2, 0.25) is 0 Å². The minimum absolute atomic E-state index is 0.0199. The molecule has 0 radical (unpaired) electrons. The normalized spacial score (nSPS) is 14.4. The van der Waals surface area contributed by atoms with Crippen molar-refractivity contribution < 1.29 is 0 Å². The van der Waals surface area contributed by atoms with E-state index in [0.29, 0.717) is 6.04 Å². The number of aromatic nitrogens is 2. The summed E-state index contributed by atoms with van der Waals surface area (Å²) in [5.41, 5.74) is 8.42. The van der Waals surface area contributed by atoms with Gasteiger partial charge < -0.3 is 5.73 Å². The summed E-state index contributed by atoms with van der Waals surface area (Å²) in [5.74, 6) is 0. The lowest BCUT2D eigenvalue weighted by molar-refractivity contribution is 0.472. The molecule has 2 N–H and O–H groups in total. The Morgan fingerprint density at radius 3 is 2.61 bits per heavy atom. The van der Waals surface area contributed by atoms with Gasteiger partial charge >= 0.3 is 0 Å². The first-order chi connectivity index (χ1) is 8.70. The number of rotatable bonds is 5. The van der Waals surface area contributed by atoms with Crippen LogP contribution in [0.25, 0.3) is 0 Å². The Kier molecular flexibility index (Phi) is 4.15. The fourth-order valence-corrected chi connectivity index (χ4v) is 1.96. The van der Waals surface area contributed by atoms with Gasteiger partial charge in [-0.1, -0.05) is 37.3 Å². The van der Waals surface area contributed by atoms with E-state index in [1.165, 1.54) is 0 Å². The van der Waals surface area contributed by atoms with E-state index >= 15 is 0 Å². The number of nitrogens with two attached hydrogens (primary N) is 1. The largest absolute Gasteiger partial charge is 0.324 e. The zero-order valence-corrected chi connectivity index (χ0v) is 11.1. The molecule has 3 nitrogen and oxygen atoms in total. The molecule has 1 aromatic carbocycles. The molecule has 0 aliphatic rings. The van der Waals surface area contributed by atoms with E-state index in [1.54, 1.807) is 0 Å². The maximum absolute atomic E-state index is 6.20. The summed E-state index contributed by atoms with van der Waals surface area (Å²) >= 11 is 0. The molecular formula is C15H21N3. The van der Waals surface area contributed by atoms with E-state index in [9.17, 15) is 0 Å². The summed E-state index contributed by atoms with van der Waals surface area (Å²) in [4.78, 5) is 0. The van der Waals surface area contributed by atoms with Gasteiger partial charge in [-0.3, -0.25) is 4.68 Å². The van der Waals surface area contributed by atoms with Gasteiger partial charge in [0.2, 0.25) is 0 Å². The van der Waals surface area contributed by atoms with Crippen LogP contribution in [-0.2, 0) is 6.42 Å². The van der Waals surface area contributed by atoms with Gasteiger partial charge in [0.15, 0.2) is 0 Å². The van der Waals surface area contributed by atoms with Crippen LogP contribution in [0, 0.1) is 0 Å². The molecular weight excluding hydrogens is 222 g/mol. The molecule has 18 heavy (non-hydrogen) atoms. The van der Waals surface area contributed by atoms with Crippen LogP contribution in [0.4, 0.5) is 0 Å². The molecule has 0 amide bonds. The van der Waals surface area contributed by atoms with Crippen LogP contribution in [0.15, 0.2) is 42.6 Å². The van der Waals surface area contributed by atoms with Crippen LogP contribution in [0.5, 0.6) is 0 Å². The molecule has 0 saturated heterocycles. The average molecular weight is 243 g/mol. The third-order valence-corrected chi connectivity index (χ3v) is 3.36. The van der Waals surface area contributed by atoms with E-state index in [0.717, 1.165) is 24.1 Å². The minimum atomic E-state index is 0.0199. The van der Waals surface area contributed by atoms with Crippen LogP contribution in [0.1, 0.15) is 43.6 Å². The van der Waals surface area contributed by atoms with Crippen molar-refractivity contribution in [2.75, 3.05) is 0 Å². The van der Waals surface area contributed by atoms with Crippen molar-refractivity contribution >= 4 is 0 Å². The molecule has 2 aromatic rings. The number of hydrogen-bond donors (Lipinski definition) is 1. The highest BCUT2D eigenvalue weighted by atomic mass is 15.3. The van der Waals surface area contributed by atoms with E-state index in [4.69, 9.17) is 5.73 Å². The molecule has 96 valence electrons. The SMILES string of the molecule is CCC(C)n1ccc(CC(N)c2ccccc2)n1. The first-order valence-corrected chi connectivity index (χ1v) is 6.55. The monoisotopic (exact) mass is 243 g/mol. The van der Waals surface area contributed by atoms with Crippen LogP contribution >= 0.6 is 0 Å². The summed E-state index contributed by atoms with van der Waals surface area (Å²) in [6.45, 7) is 4.34. The molecule has 2 unspecified atom stereocenters. The highest BCUT2D eigenvalue weighted by Crippen LogP contribution is 2.16. The van der Waals surface area contributed by atoms with Gasteiger partial charge in [0.05, 0.1) is 5.69 Å². The lowest BCUT2D eigenvalue weighted by Crippen LogP contribution is -2.14. The topological polar surface area (TPSA) is 43.8 Å². The van der Waals surface area contributed by atoms with Gasteiger partial charge in [0.25, 0.3) is 0 Å². The van der Waals surface area contributed by atoms with Crippen molar-refractivity contribution in [2.24, 2.45) is 5.73 Å². The number of hydrogen-bond acceptors (Lipinski definition) is 2. The molecule has 0 fully saturated rings. The lowest BCUT2D eigenvalue weighted by Gasteiger charge is -2.11. The van der Waals surface area contributed by atoms with Crippen molar-refractivity contribution in [2.45, 2.75) is 38.8 Å². The maximum Gasteiger partial charge on any atom is 0.0643 e. The predicted octanol–water partition coefficient (Wildman–Crippen LogP) is 3.10. The fourth-order valence-electron chi connectivity index (χ4n) is 1.96. The average Bonchev–Trinajstić information content (AvgIpc) is 2.87. The third kappa shape index (κ3) is 2.99. The van der Waals surface area contributed by atoms with Crippen molar-refractivity contribution in [1.29, 1.82) is 0 Å². The standard InChI is InChI=1S/C15H21N3/c1-3-12(2)18-10-9-14(17-18)11-15(16)13-7-5-4-6-8-13/h4-10,12,15H,3,11,16H2,1-2H3. The van der Waals surface area contributed by atoms with Gasteiger partial charge in [-0.2, -0.15) is 5.10 Å². The second-order valence-corrected chi connectivity index (χ2v) is 4.77. The van der Waals surface area contributed by atoms with E-state index < -0.39 is 0 Å².